The van der Waals surface area contributed by atoms with E-state index in [2.05, 4.69) is 30.2 Å². The normalized spacial score (nSPS) is 23.0. The summed E-state index contributed by atoms with van der Waals surface area (Å²) in [4.78, 5) is 17.3. The van der Waals surface area contributed by atoms with Crippen molar-refractivity contribution in [3.8, 4) is 0 Å². The predicted molar refractivity (Wildman–Crippen MR) is 121 cm³/mol. The van der Waals surface area contributed by atoms with Crippen molar-refractivity contribution in [3.05, 3.63) is 62.3 Å². The number of halogens is 1. The Kier molecular flexibility index (Phi) is 6.55. The van der Waals surface area contributed by atoms with E-state index < -0.39 is 0 Å². The number of morpholine rings is 1. The molecule has 154 valence electrons. The first-order chi connectivity index (χ1) is 14.1. The minimum atomic E-state index is 0.0498. The van der Waals surface area contributed by atoms with Crippen LogP contribution in [0.3, 0.4) is 0 Å². The molecule has 0 spiro atoms. The van der Waals surface area contributed by atoms with E-state index in [1.165, 1.54) is 10.5 Å². The molecular weight excluding hydrogens is 402 g/mol. The zero-order valence-corrected chi connectivity index (χ0v) is 18.7. The van der Waals surface area contributed by atoms with Crippen molar-refractivity contribution >= 4 is 34.3 Å². The van der Waals surface area contributed by atoms with Gasteiger partial charge in [0.1, 0.15) is 0 Å². The zero-order chi connectivity index (χ0) is 20.4. The summed E-state index contributed by atoms with van der Waals surface area (Å²) in [6, 6.07) is 9.50. The Bertz CT molecular complexity index is 913. The Morgan fingerprint density at radius 3 is 2.76 bits per heavy atom. The number of allylic oxidation sites excluding steroid dienone is 2. The molecule has 1 aliphatic carbocycles. The number of hydrogen-bond donors (Lipinski definition) is 0. The third kappa shape index (κ3) is 4.36. The standard InChI is InChI=1S/C24H28ClNO2S/c1-16-15-18(7-9-26-10-12-28-13-11-26)17(2)24-20(8-14-29-24)22(16)23(27)19-5-3-4-6-21(19)25/h3-6,8,14,17-18H,7,9-13,15H2,1-2H3. The minimum Gasteiger partial charge on any atom is -0.379 e. The molecule has 2 heterocycles. The molecule has 3 nitrogen and oxygen atoms in total. The molecule has 2 atom stereocenters. The predicted octanol–water partition coefficient (Wildman–Crippen LogP) is 5.90. The number of hydrogen-bond acceptors (Lipinski definition) is 4. The van der Waals surface area contributed by atoms with Crippen LogP contribution in [-0.2, 0) is 4.74 Å². The van der Waals surface area contributed by atoms with Crippen molar-refractivity contribution in [1.29, 1.82) is 0 Å². The highest BCUT2D eigenvalue weighted by Gasteiger charge is 2.32. The Labute approximate surface area is 182 Å². The summed E-state index contributed by atoms with van der Waals surface area (Å²) in [7, 11) is 0. The molecule has 4 rings (SSSR count). The smallest absolute Gasteiger partial charge is 0.195 e. The topological polar surface area (TPSA) is 29.5 Å². The average molecular weight is 430 g/mol. The van der Waals surface area contributed by atoms with Gasteiger partial charge in [0, 0.05) is 29.1 Å². The first-order valence-corrected chi connectivity index (χ1v) is 11.7. The van der Waals surface area contributed by atoms with E-state index in [1.54, 1.807) is 17.4 Å². The van der Waals surface area contributed by atoms with Gasteiger partial charge in [-0.3, -0.25) is 9.69 Å². The second-order valence-electron chi connectivity index (χ2n) is 8.16. The van der Waals surface area contributed by atoms with Gasteiger partial charge in [-0.25, -0.2) is 0 Å². The SMILES string of the molecule is CC1=C(C(=O)c2ccccc2Cl)c2ccsc2C(C)C(CCN2CCOCC2)C1. The van der Waals surface area contributed by atoms with Crippen LogP contribution in [0.5, 0.6) is 0 Å². The summed E-state index contributed by atoms with van der Waals surface area (Å²) in [6.45, 7) is 9.28. The monoisotopic (exact) mass is 429 g/mol. The lowest BCUT2D eigenvalue weighted by Gasteiger charge is -2.30. The molecule has 2 aromatic rings. The van der Waals surface area contributed by atoms with Crippen LogP contribution in [-0.4, -0.2) is 43.5 Å². The molecule has 0 N–H and O–H groups in total. The molecule has 0 radical (unpaired) electrons. The molecule has 2 unspecified atom stereocenters. The van der Waals surface area contributed by atoms with E-state index in [9.17, 15) is 4.79 Å². The van der Waals surface area contributed by atoms with Crippen molar-refractivity contribution in [1.82, 2.24) is 4.90 Å². The lowest BCUT2D eigenvalue weighted by Crippen LogP contribution is -2.37. The van der Waals surface area contributed by atoms with Crippen LogP contribution >= 0.6 is 22.9 Å². The fourth-order valence-corrected chi connectivity index (χ4v) is 5.89. The third-order valence-corrected chi connectivity index (χ3v) is 7.79. The van der Waals surface area contributed by atoms with Crippen LogP contribution in [0.1, 0.15) is 53.4 Å². The number of ether oxygens (including phenoxy) is 1. The van der Waals surface area contributed by atoms with Crippen molar-refractivity contribution in [2.75, 3.05) is 32.8 Å². The Morgan fingerprint density at radius 2 is 2.00 bits per heavy atom. The van der Waals surface area contributed by atoms with Crippen molar-refractivity contribution < 1.29 is 9.53 Å². The minimum absolute atomic E-state index is 0.0498. The van der Waals surface area contributed by atoms with E-state index >= 15 is 0 Å². The molecule has 5 heteroatoms. The van der Waals surface area contributed by atoms with Crippen LogP contribution in [0.2, 0.25) is 5.02 Å². The summed E-state index contributed by atoms with van der Waals surface area (Å²) >= 11 is 8.15. The average Bonchev–Trinajstić information content (AvgIpc) is 3.17. The van der Waals surface area contributed by atoms with Crippen LogP contribution in [0.25, 0.3) is 5.57 Å². The number of nitrogens with zero attached hydrogens (tertiary/aromatic N) is 1. The largest absolute Gasteiger partial charge is 0.379 e. The van der Waals surface area contributed by atoms with E-state index in [-0.39, 0.29) is 5.78 Å². The molecule has 0 saturated carbocycles. The van der Waals surface area contributed by atoms with E-state index in [4.69, 9.17) is 16.3 Å². The number of ketones is 1. The van der Waals surface area contributed by atoms with Gasteiger partial charge in [-0.05, 0) is 67.3 Å². The van der Waals surface area contributed by atoms with Crippen molar-refractivity contribution in [3.63, 3.8) is 0 Å². The van der Waals surface area contributed by atoms with Gasteiger partial charge in [-0.2, -0.15) is 0 Å². The highest BCUT2D eigenvalue weighted by Crippen LogP contribution is 2.45. The second-order valence-corrected chi connectivity index (χ2v) is 9.51. The maximum atomic E-state index is 13.5. The summed E-state index contributed by atoms with van der Waals surface area (Å²) < 4.78 is 5.48. The first kappa shape index (κ1) is 20.8. The third-order valence-electron chi connectivity index (χ3n) is 6.35. The number of carbonyl (C=O) groups excluding carboxylic acids is 1. The molecule has 29 heavy (non-hydrogen) atoms. The van der Waals surface area contributed by atoms with Gasteiger partial charge in [0.15, 0.2) is 5.78 Å². The van der Waals surface area contributed by atoms with Gasteiger partial charge in [0.05, 0.1) is 18.2 Å². The highest BCUT2D eigenvalue weighted by atomic mass is 35.5. The quantitative estimate of drug-likeness (QED) is 0.554. The van der Waals surface area contributed by atoms with Crippen LogP contribution < -0.4 is 0 Å². The number of thiophene rings is 1. The first-order valence-electron chi connectivity index (χ1n) is 10.4. The number of rotatable bonds is 5. The van der Waals surface area contributed by atoms with Gasteiger partial charge in [0.25, 0.3) is 0 Å². The molecule has 1 aliphatic heterocycles. The summed E-state index contributed by atoms with van der Waals surface area (Å²) in [5, 5.41) is 2.65. The fraction of sp³-hybridized carbons (Fsp3) is 0.458. The molecule has 1 aromatic carbocycles. The molecular formula is C24H28ClNO2S. The van der Waals surface area contributed by atoms with Gasteiger partial charge in [-0.1, -0.05) is 36.2 Å². The number of benzene rings is 1. The molecule has 1 aromatic heterocycles. The van der Waals surface area contributed by atoms with Gasteiger partial charge < -0.3 is 4.74 Å². The maximum Gasteiger partial charge on any atom is 0.195 e. The van der Waals surface area contributed by atoms with E-state index in [0.29, 0.717) is 22.4 Å². The van der Waals surface area contributed by atoms with E-state index in [1.807, 2.05) is 18.2 Å². The van der Waals surface area contributed by atoms with Crippen LogP contribution in [0, 0.1) is 5.92 Å². The molecule has 1 fully saturated rings. The van der Waals surface area contributed by atoms with Crippen molar-refractivity contribution in [2.24, 2.45) is 5.92 Å². The van der Waals surface area contributed by atoms with Gasteiger partial charge >= 0.3 is 0 Å². The number of Topliss-reactive ketones (excluding diaryl/α,β-unsaturated/α-hetero) is 1. The van der Waals surface area contributed by atoms with E-state index in [0.717, 1.165) is 56.8 Å². The van der Waals surface area contributed by atoms with Crippen molar-refractivity contribution in [2.45, 2.75) is 32.6 Å². The number of fused-ring (bicyclic) bond motifs is 1. The second kappa shape index (κ2) is 9.13. The maximum absolute atomic E-state index is 13.5. The van der Waals surface area contributed by atoms with Crippen LogP contribution in [0.15, 0.2) is 41.3 Å². The Morgan fingerprint density at radius 1 is 1.24 bits per heavy atom. The zero-order valence-electron chi connectivity index (χ0n) is 17.1. The van der Waals surface area contributed by atoms with Gasteiger partial charge in [0.2, 0.25) is 0 Å². The summed E-state index contributed by atoms with van der Waals surface area (Å²) in [5.41, 5.74) is 3.75. The Hall–Kier alpha value is -1.46. The summed E-state index contributed by atoms with van der Waals surface area (Å²) in [5.74, 6) is 1.03. The summed E-state index contributed by atoms with van der Waals surface area (Å²) in [6.07, 6.45) is 2.10. The fourth-order valence-electron chi connectivity index (χ4n) is 4.62. The molecule has 1 saturated heterocycles. The number of carbonyl (C=O) groups is 1. The lowest BCUT2D eigenvalue weighted by atomic mass is 9.86. The highest BCUT2D eigenvalue weighted by molar-refractivity contribution is 7.10. The molecule has 2 aliphatic rings. The van der Waals surface area contributed by atoms with Crippen LogP contribution in [0.4, 0.5) is 0 Å². The van der Waals surface area contributed by atoms with Gasteiger partial charge in [-0.15, -0.1) is 11.3 Å². The molecule has 0 amide bonds. The lowest BCUT2D eigenvalue weighted by molar-refractivity contribution is 0.0349. The molecule has 0 bridgehead atoms. The Balaban J connectivity index is 1.63.